The van der Waals surface area contributed by atoms with Crippen molar-refractivity contribution in [1.29, 1.82) is 0 Å². The Balaban J connectivity index is 1.91. The van der Waals surface area contributed by atoms with Crippen molar-refractivity contribution < 1.29 is 14.3 Å². The lowest BCUT2D eigenvalue weighted by atomic mass is 9.87. The first-order valence-corrected chi connectivity index (χ1v) is 8.15. The minimum Gasteiger partial charge on any atom is -0.496 e. The SMILES string of the molecule is COc1ccccc1C1=N/C(=C/c2ccc(C(C)(C)C)cc2)C(=O)O1. The highest BCUT2D eigenvalue weighted by atomic mass is 16.6. The van der Waals surface area contributed by atoms with Crippen molar-refractivity contribution in [2.45, 2.75) is 26.2 Å². The highest BCUT2D eigenvalue weighted by Gasteiger charge is 2.26. The predicted molar refractivity (Wildman–Crippen MR) is 98.7 cm³/mol. The fourth-order valence-corrected chi connectivity index (χ4v) is 2.58. The predicted octanol–water partition coefficient (Wildman–Crippen LogP) is 4.34. The first-order valence-electron chi connectivity index (χ1n) is 8.15. The van der Waals surface area contributed by atoms with Crippen molar-refractivity contribution >= 4 is 17.9 Å². The normalized spacial score (nSPS) is 15.9. The molecule has 0 bridgehead atoms. The lowest BCUT2D eigenvalue weighted by Gasteiger charge is -2.18. The van der Waals surface area contributed by atoms with Crippen LogP contribution in [0.3, 0.4) is 0 Å². The zero-order chi connectivity index (χ0) is 18.0. The van der Waals surface area contributed by atoms with Crippen LogP contribution in [-0.4, -0.2) is 19.0 Å². The van der Waals surface area contributed by atoms with Crippen molar-refractivity contribution in [3.05, 3.63) is 70.9 Å². The van der Waals surface area contributed by atoms with Crippen molar-refractivity contribution in [3.63, 3.8) is 0 Å². The number of nitrogens with zero attached hydrogens (tertiary/aromatic N) is 1. The molecule has 0 spiro atoms. The Hall–Kier alpha value is -2.88. The van der Waals surface area contributed by atoms with Gasteiger partial charge >= 0.3 is 5.97 Å². The van der Waals surface area contributed by atoms with Crippen LogP contribution in [0.25, 0.3) is 6.08 Å². The monoisotopic (exact) mass is 335 g/mol. The van der Waals surface area contributed by atoms with Gasteiger partial charge < -0.3 is 9.47 Å². The fraction of sp³-hybridized carbons (Fsp3) is 0.238. The summed E-state index contributed by atoms with van der Waals surface area (Å²) in [5.74, 6) is 0.422. The van der Waals surface area contributed by atoms with E-state index in [-0.39, 0.29) is 17.0 Å². The lowest BCUT2D eigenvalue weighted by Crippen LogP contribution is -2.10. The summed E-state index contributed by atoms with van der Waals surface area (Å²) in [7, 11) is 1.57. The molecule has 0 saturated heterocycles. The molecule has 2 aromatic carbocycles. The van der Waals surface area contributed by atoms with Crippen molar-refractivity contribution in [3.8, 4) is 5.75 Å². The molecule has 0 radical (unpaired) electrons. The van der Waals surface area contributed by atoms with Gasteiger partial charge in [-0.3, -0.25) is 0 Å². The third kappa shape index (κ3) is 3.63. The van der Waals surface area contributed by atoms with Crippen LogP contribution >= 0.6 is 0 Å². The van der Waals surface area contributed by atoms with E-state index in [1.54, 1.807) is 19.3 Å². The number of carbonyl (C=O) groups excluding carboxylic acids is 1. The number of ether oxygens (including phenoxy) is 2. The Morgan fingerprint density at radius 3 is 2.36 bits per heavy atom. The number of carbonyl (C=O) groups is 1. The Labute approximate surface area is 147 Å². The smallest absolute Gasteiger partial charge is 0.363 e. The topological polar surface area (TPSA) is 47.9 Å². The lowest BCUT2D eigenvalue weighted by molar-refractivity contribution is -0.129. The van der Waals surface area contributed by atoms with Crippen molar-refractivity contribution in [1.82, 2.24) is 0 Å². The van der Waals surface area contributed by atoms with Gasteiger partial charge in [0.15, 0.2) is 5.70 Å². The van der Waals surface area contributed by atoms with Gasteiger partial charge in [-0.15, -0.1) is 0 Å². The van der Waals surface area contributed by atoms with Gasteiger partial charge in [-0.05, 0) is 34.8 Å². The van der Waals surface area contributed by atoms with Crippen molar-refractivity contribution in [2.24, 2.45) is 4.99 Å². The molecule has 0 fully saturated rings. The largest absolute Gasteiger partial charge is 0.496 e. The van der Waals surface area contributed by atoms with Crippen LogP contribution in [0, 0.1) is 0 Å². The molecule has 3 rings (SSSR count). The average molecular weight is 335 g/mol. The van der Waals surface area contributed by atoms with Gasteiger partial charge in [0.25, 0.3) is 0 Å². The van der Waals surface area contributed by atoms with Crippen LogP contribution in [0.15, 0.2) is 59.2 Å². The second kappa shape index (κ2) is 6.55. The number of benzene rings is 2. The van der Waals surface area contributed by atoms with Crippen LogP contribution in [0.2, 0.25) is 0 Å². The van der Waals surface area contributed by atoms with E-state index < -0.39 is 5.97 Å². The van der Waals surface area contributed by atoms with E-state index >= 15 is 0 Å². The first kappa shape index (κ1) is 17.0. The number of aliphatic imine (C=N–C) groups is 1. The molecule has 25 heavy (non-hydrogen) atoms. The van der Waals surface area contributed by atoms with Gasteiger partial charge in [0.05, 0.1) is 12.7 Å². The van der Waals surface area contributed by atoms with E-state index in [2.05, 4.69) is 37.9 Å². The number of hydrogen-bond acceptors (Lipinski definition) is 4. The summed E-state index contributed by atoms with van der Waals surface area (Å²) < 4.78 is 10.6. The van der Waals surface area contributed by atoms with Gasteiger partial charge in [-0.1, -0.05) is 57.2 Å². The van der Waals surface area contributed by atoms with E-state index in [1.165, 1.54) is 5.56 Å². The van der Waals surface area contributed by atoms with E-state index in [9.17, 15) is 4.79 Å². The summed E-state index contributed by atoms with van der Waals surface area (Å²) in [6, 6.07) is 15.4. The average Bonchev–Trinajstić information content (AvgIpc) is 2.95. The summed E-state index contributed by atoms with van der Waals surface area (Å²) >= 11 is 0. The molecule has 0 N–H and O–H groups in total. The first-order chi connectivity index (χ1) is 11.9. The molecule has 0 unspecified atom stereocenters. The van der Waals surface area contributed by atoms with Crippen LogP contribution in [0.1, 0.15) is 37.5 Å². The highest BCUT2D eigenvalue weighted by Crippen LogP contribution is 2.26. The number of rotatable bonds is 3. The quantitative estimate of drug-likeness (QED) is 0.619. The van der Waals surface area contributed by atoms with Gasteiger partial charge in [-0.25, -0.2) is 9.79 Å². The number of methoxy groups -OCH3 is 1. The molecule has 4 heteroatoms. The maximum atomic E-state index is 12.1. The summed E-state index contributed by atoms with van der Waals surface area (Å²) in [5.41, 5.74) is 3.17. The van der Waals surface area contributed by atoms with E-state index in [4.69, 9.17) is 9.47 Å². The molecule has 0 aromatic heterocycles. The molecule has 4 nitrogen and oxygen atoms in total. The Morgan fingerprint density at radius 2 is 1.72 bits per heavy atom. The third-order valence-corrected chi connectivity index (χ3v) is 4.04. The second-order valence-corrected chi connectivity index (χ2v) is 6.91. The minimum absolute atomic E-state index is 0.0904. The molecule has 0 atom stereocenters. The summed E-state index contributed by atoms with van der Waals surface area (Å²) in [6.45, 7) is 6.50. The molecule has 2 aromatic rings. The Bertz CT molecular complexity index is 855. The third-order valence-electron chi connectivity index (χ3n) is 4.04. The molecule has 0 aliphatic carbocycles. The molecule has 1 heterocycles. The molecule has 0 amide bonds. The molecular formula is C21H21NO3. The summed E-state index contributed by atoms with van der Waals surface area (Å²) in [6.07, 6.45) is 1.73. The van der Waals surface area contributed by atoms with E-state index in [0.717, 1.165) is 5.56 Å². The highest BCUT2D eigenvalue weighted by molar-refractivity contribution is 6.13. The molecule has 0 saturated carbocycles. The van der Waals surface area contributed by atoms with E-state index in [0.29, 0.717) is 11.3 Å². The summed E-state index contributed by atoms with van der Waals surface area (Å²) in [5, 5.41) is 0. The Morgan fingerprint density at radius 1 is 1.04 bits per heavy atom. The van der Waals surface area contributed by atoms with Gasteiger partial charge in [0.2, 0.25) is 5.90 Å². The van der Waals surface area contributed by atoms with Gasteiger partial charge in [-0.2, -0.15) is 0 Å². The van der Waals surface area contributed by atoms with Crippen LogP contribution in [0.5, 0.6) is 5.75 Å². The minimum atomic E-state index is -0.458. The number of hydrogen-bond donors (Lipinski definition) is 0. The second-order valence-electron chi connectivity index (χ2n) is 6.91. The van der Waals surface area contributed by atoms with Crippen molar-refractivity contribution in [2.75, 3.05) is 7.11 Å². The van der Waals surface area contributed by atoms with Gasteiger partial charge in [0.1, 0.15) is 5.75 Å². The van der Waals surface area contributed by atoms with Crippen LogP contribution in [0.4, 0.5) is 0 Å². The summed E-state index contributed by atoms with van der Waals surface area (Å²) in [4.78, 5) is 16.5. The van der Waals surface area contributed by atoms with Crippen LogP contribution < -0.4 is 4.74 Å². The maximum absolute atomic E-state index is 12.1. The fourth-order valence-electron chi connectivity index (χ4n) is 2.58. The number of para-hydroxylation sites is 1. The molecular weight excluding hydrogens is 314 g/mol. The zero-order valence-corrected chi connectivity index (χ0v) is 14.9. The number of esters is 1. The molecule has 1 aliphatic heterocycles. The standard InChI is InChI=1S/C21H21NO3/c1-21(2,3)15-11-9-14(10-12-15)13-17-20(23)25-19(22-17)16-7-5-6-8-18(16)24-4/h5-13H,1-4H3/b17-13+. The van der Waals surface area contributed by atoms with E-state index in [1.807, 2.05) is 30.3 Å². The number of cyclic esters (lactones) is 1. The van der Waals surface area contributed by atoms with Gasteiger partial charge in [0, 0.05) is 0 Å². The Kier molecular flexibility index (Phi) is 4.45. The molecule has 1 aliphatic rings. The van der Waals surface area contributed by atoms with Crippen LogP contribution in [-0.2, 0) is 14.9 Å². The molecule has 128 valence electrons. The zero-order valence-electron chi connectivity index (χ0n) is 14.9. The maximum Gasteiger partial charge on any atom is 0.363 e.